The average Bonchev–Trinajstić information content (AvgIpc) is 3.21. The summed E-state index contributed by atoms with van der Waals surface area (Å²) < 4.78 is 30.5. The molecule has 0 aromatic heterocycles. The molecule has 0 spiro atoms. The summed E-state index contributed by atoms with van der Waals surface area (Å²) in [6.45, 7) is 7.01. The summed E-state index contributed by atoms with van der Waals surface area (Å²) in [6.07, 6.45) is 44.8. The van der Waals surface area contributed by atoms with Crippen molar-refractivity contribution < 1.29 is 37.3 Å². The van der Waals surface area contributed by atoms with Crippen LogP contribution in [-0.2, 0) is 27.9 Å². The van der Waals surface area contributed by atoms with Gasteiger partial charge in [0.2, 0.25) is 5.91 Å². The second-order valence-corrected chi connectivity index (χ2v) is 20.5. The summed E-state index contributed by atoms with van der Waals surface area (Å²) in [7, 11) is 1.51. The summed E-state index contributed by atoms with van der Waals surface area (Å²) in [5.41, 5.74) is 0. The lowest BCUT2D eigenvalue weighted by Crippen LogP contribution is -2.47. The molecule has 61 heavy (non-hydrogen) atoms. The normalized spacial score (nSPS) is 14.0. The van der Waals surface area contributed by atoms with Crippen LogP contribution in [0, 0.1) is 0 Å². The van der Waals surface area contributed by atoms with Crippen LogP contribution >= 0.6 is 7.82 Å². The largest absolute Gasteiger partial charge is 0.472 e. The van der Waals surface area contributed by atoms with Gasteiger partial charge in [0.1, 0.15) is 19.3 Å². The minimum Gasteiger partial charge on any atom is -0.456 e. The summed E-state index contributed by atoms with van der Waals surface area (Å²) in [4.78, 5) is 37.3. The van der Waals surface area contributed by atoms with Crippen molar-refractivity contribution in [1.82, 2.24) is 5.32 Å². The van der Waals surface area contributed by atoms with E-state index in [2.05, 4.69) is 26.1 Å². The molecule has 0 saturated carbocycles. The number of carbonyl (C=O) groups excluding carboxylic acids is 2. The zero-order valence-electron chi connectivity index (χ0n) is 41.2. The Bertz CT molecular complexity index is 1070. The molecule has 9 nitrogen and oxygen atoms in total. The first-order chi connectivity index (χ1) is 29.4. The van der Waals surface area contributed by atoms with E-state index in [9.17, 15) is 19.0 Å². The third-order valence-corrected chi connectivity index (χ3v) is 12.7. The molecule has 362 valence electrons. The monoisotopic (exact) mass is 886 g/mol. The highest BCUT2D eigenvalue weighted by atomic mass is 31.2. The van der Waals surface area contributed by atoms with Gasteiger partial charge < -0.3 is 19.4 Å². The molecule has 1 amide bonds. The van der Waals surface area contributed by atoms with Gasteiger partial charge >= 0.3 is 13.8 Å². The van der Waals surface area contributed by atoms with Gasteiger partial charge in [-0.2, -0.15) is 0 Å². The Kier molecular flexibility index (Phi) is 41.8. The Morgan fingerprint density at radius 1 is 0.557 bits per heavy atom. The van der Waals surface area contributed by atoms with Gasteiger partial charge in [0.15, 0.2) is 0 Å². The van der Waals surface area contributed by atoms with Crippen molar-refractivity contribution in [1.29, 1.82) is 0 Å². The highest BCUT2D eigenvalue weighted by Gasteiger charge is 2.30. The highest BCUT2D eigenvalue weighted by molar-refractivity contribution is 7.47. The van der Waals surface area contributed by atoms with E-state index in [1.165, 1.54) is 161 Å². The van der Waals surface area contributed by atoms with E-state index in [-0.39, 0.29) is 25.1 Å². The standard InChI is InChI=1S/C51H101N2O7P/c1-7-10-13-16-19-22-25-26-29-31-34-37-40-43-50(54)52-48(47-59-61(56,57)58-46-45-53(4,5)6)49(42-39-36-33-30-27-23-20-17-14-11-8-2)60-51(55)44-41-38-35-32-28-24-21-18-15-12-9-3/h39,42,48-49H,7-38,40-41,43-47H2,1-6H3,(H-,52,54,56,57)/p+1/b42-39+. The Morgan fingerprint density at radius 3 is 1.34 bits per heavy atom. The smallest absolute Gasteiger partial charge is 0.456 e. The summed E-state index contributed by atoms with van der Waals surface area (Å²) in [6, 6.07) is -0.836. The van der Waals surface area contributed by atoms with Gasteiger partial charge in [-0.15, -0.1) is 0 Å². The third-order valence-electron chi connectivity index (χ3n) is 11.7. The molecule has 0 bridgehead atoms. The van der Waals surface area contributed by atoms with Crippen molar-refractivity contribution in [3.63, 3.8) is 0 Å². The minimum atomic E-state index is -4.42. The first kappa shape index (κ1) is 59.8. The number of ether oxygens (including phenoxy) is 1. The number of phosphoric acid groups is 1. The van der Waals surface area contributed by atoms with Crippen LogP contribution in [-0.4, -0.2) is 74.3 Å². The van der Waals surface area contributed by atoms with E-state index in [4.69, 9.17) is 13.8 Å². The van der Waals surface area contributed by atoms with E-state index in [1.54, 1.807) is 0 Å². The molecule has 0 saturated heterocycles. The number of nitrogens with zero attached hydrogens (tertiary/aromatic N) is 1. The maximum atomic E-state index is 13.4. The van der Waals surface area contributed by atoms with Crippen molar-refractivity contribution >= 4 is 19.7 Å². The Morgan fingerprint density at radius 2 is 0.934 bits per heavy atom. The van der Waals surface area contributed by atoms with Gasteiger partial charge in [0, 0.05) is 12.8 Å². The molecule has 0 rings (SSSR count). The van der Waals surface area contributed by atoms with Crippen molar-refractivity contribution in [2.75, 3.05) is 40.9 Å². The summed E-state index contributed by atoms with van der Waals surface area (Å²) in [5.74, 6) is -0.495. The van der Waals surface area contributed by atoms with Crippen molar-refractivity contribution in [3.05, 3.63) is 12.2 Å². The fraction of sp³-hybridized carbons (Fsp3) is 0.922. The molecule has 3 unspecified atom stereocenters. The second-order valence-electron chi connectivity index (χ2n) is 19.1. The number of allylic oxidation sites excluding steroid dienone is 1. The number of hydrogen-bond acceptors (Lipinski definition) is 6. The molecule has 0 fully saturated rings. The Hall–Kier alpha value is -1.25. The SMILES string of the molecule is CCCCCCCCCCC/C=C/C(OC(=O)CCCCCCCCCCCCC)C(COP(=O)(O)OCC[N+](C)(C)C)NC(=O)CCCCCCCCCCCCCCC. The average molecular weight is 886 g/mol. The molecule has 10 heteroatoms. The number of esters is 1. The maximum Gasteiger partial charge on any atom is 0.472 e. The number of likely N-dealkylation sites (N-methyl/N-ethyl adjacent to an activating group) is 1. The predicted octanol–water partition coefficient (Wildman–Crippen LogP) is 14.9. The zero-order valence-corrected chi connectivity index (χ0v) is 42.1. The topological polar surface area (TPSA) is 111 Å². The molecular formula is C51H102N2O7P+. The van der Waals surface area contributed by atoms with Crippen LogP contribution in [0.4, 0.5) is 0 Å². The number of amides is 1. The highest BCUT2D eigenvalue weighted by Crippen LogP contribution is 2.43. The lowest BCUT2D eigenvalue weighted by Gasteiger charge is -2.27. The van der Waals surface area contributed by atoms with Crippen molar-refractivity contribution in [2.24, 2.45) is 0 Å². The maximum absolute atomic E-state index is 13.4. The van der Waals surface area contributed by atoms with Crippen LogP contribution in [0.15, 0.2) is 12.2 Å². The molecule has 0 aromatic carbocycles. The first-order valence-corrected chi connectivity index (χ1v) is 27.5. The minimum absolute atomic E-state index is 0.0450. The molecule has 0 radical (unpaired) electrons. The van der Waals surface area contributed by atoms with Gasteiger partial charge in [0.05, 0.1) is 33.8 Å². The number of hydrogen-bond donors (Lipinski definition) is 2. The molecule has 0 aromatic rings. The van der Waals surface area contributed by atoms with Crippen LogP contribution in [0.1, 0.15) is 252 Å². The predicted molar refractivity (Wildman–Crippen MR) is 259 cm³/mol. The molecule has 0 aliphatic carbocycles. The van der Waals surface area contributed by atoms with E-state index in [0.717, 1.165) is 57.8 Å². The Labute approximate surface area is 378 Å². The number of quaternary nitrogens is 1. The fourth-order valence-electron chi connectivity index (χ4n) is 7.65. The number of carbonyl (C=O) groups is 2. The van der Waals surface area contributed by atoms with Crippen molar-refractivity contribution in [3.8, 4) is 0 Å². The molecule has 2 N–H and O–H groups in total. The number of rotatable bonds is 47. The van der Waals surface area contributed by atoms with Crippen LogP contribution in [0.25, 0.3) is 0 Å². The van der Waals surface area contributed by atoms with Crippen molar-refractivity contribution in [2.45, 2.75) is 264 Å². The van der Waals surface area contributed by atoms with E-state index >= 15 is 0 Å². The first-order valence-electron chi connectivity index (χ1n) is 26.0. The Balaban J connectivity index is 5.39. The number of nitrogens with one attached hydrogen (secondary N) is 1. The molecule has 3 atom stereocenters. The molecular weight excluding hydrogens is 784 g/mol. The van der Waals surface area contributed by atoms with Gasteiger partial charge in [0.25, 0.3) is 0 Å². The van der Waals surface area contributed by atoms with E-state index in [0.29, 0.717) is 23.9 Å². The number of unbranched alkanes of at least 4 members (excludes halogenated alkanes) is 31. The van der Waals surface area contributed by atoms with Crippen LogP contribution < -0.4 is 5.32 Å². The second kappa shape index (κ2) is 42.7. The van der Waals surface area contributed by atoms with E-state index < -0.39 is 20.0 Å². The van der Waals surface area contributed by atoms with E-state index in [1.807, 2.05) is 33.3 Å². The quantitative estimate of drug-likeness (QED) is 0.0206. The van der Waals surface area contributed by atoms with Crippen LogP contribution in [0.2, 0.25) is 0 Å². The lowest BCUT2D eigenvalue weighted by atomic mass is 10.0. The number of phosphoric ester groups is 1. The van der Waals surface area contributed by atoms with Crippen LogP contribution in [0.3, 0.4) is 0 Å². The zero-order chi connectivity index (χ0) is 45.1. The summed E-state index contributed by atoms with van der Waals surface area (Å²) in [5, 5.41) is 3.04. The summed E-state index contributed by atoms with van der Waals surface area (Å²) >= 11 is 0. The van der Waals surface area contributed by atoms with Gasteiger partial charge in [-0.3, -0.25) is 18.6 Å². The fourth-order valence-corrected chi connectivity index (χ4v) is 8.38. The van der Waals surface area contributed by atoms with Gasteiger partial charge in [-0.25, -0.2) is 4.57 Å². The molecule has 0 aliphatic heterocycles. The lowest BCUT2D eigenvalue weighted by molar-refractivity contribution is -0.870. The third kappa shape index (κ3) is 43.8. The molecule has 0 heterocycles. The van der Waals surface area contributed by atoms with Gasteiger partial charge in [-0.1, -0.05) is 219 Å². The van der Waals surface area contributed by atoms with Gasteiger partial charge in [-0.05, 0) is 31.8 Å². The van der Waals surface area contributed by atoms with Crippen LogP contribution in [0.5, 0.6) is 0 Å². The molecule has 0 aliphatic rings.